The molecule has 0 amide bonds. The maximum absolute atomic E-state index is 13.4. The van der Waals surface area contributed by atoms with Crippen LogP contribution in [0.1, 0.15) is 72.2 Å². The van der Waals surface area contributed by atoms with Gasteiger partial charge in [-0.25, -0.2) is 0 Å². The lowest BCUT2D eigenvalue weighted by Crippen LogP contribution is -2.37. The maximum Gasteiger partial charge on any atom is 0.194 e. The predicted molar refractivity (Wildman–Crippen MR) is 122 cm³/mol. The van der Waals surface area contributed by atoms with Gasteiger partial charge in [0.15, 0.2) is 17.0 Å². The monoisotopic (exact) mass is 401 g/mol. The van der Waals surface area contributed by atoms with E-state index in [1.54, 1.807) is 24.3 Å². The average molecular weight is 402 g/mol. The number of carbonyl (C=O) groups is 2. The van der Waals surface area contributed by atoms with E-state index in [0.29, 0.717) is 23.1 Å². The van der Waals surface area contributed by atoms with Crippen molar-refractivity contribution in [3.63, 3.8) is 0 Å². The van der Waals surface area contributed by atoms with E-state index >= 15 is 0 Å². The van der Waals surface area contributed by atoms with Crippen molar-refractivity contribution >= 4 is 11.6 Å². The van der Waals surface area contributed by atoms with E-state index in [-0.39, 0.29) is 11.6 Å². The minimum absolute atomic E-state index is 0.198. The molecule has 3 rings (SSSR count). The van der Waals surface area contributed by atoms with Crippen molar-refractivity contribution < 1.29 is 9.59 Å². The highest BCUT2D eigenvalue weighted by Crippen LogP contribution is 2.39. The number of fused-ring (bicyclic) bond motifs is 1. The van der Waals surface area contributed by atoms with Gasteiger partial charge in [0.1, 0.15) is 0 Å². The smallest absolute Gasteiger partial charge is 0.194 e. The zero-order valence-electron chi connectivity index (χ0n) is 18.1. The molecule has 0 bridgehead atoms. The van der Waals surface area contributed by atoms with Crippen molar-refractivity contribution in [3.8, 4) is 11.8 Å². The molecular formula is C27H31NO2. The van der Waals surface area contributed by atoms with Gasteiger partial charge in [-0.05, 0) is 31.5 Å². The van der Waals surface area contributed by atoms with Crippen molar-refractivity contribution in [2.45, 2.75) is 51.4 Å². The van der Waals surface area contributed by atoms with Crippen LogP contribution in [-0.2, 0) is 5.41 Å². The Labute approximate surface area is 180 Å². The minimum Gasteiger partial charge on any atom is -0.302 e. The second-order valence-electron chi connectivity index (χ2n) is 7.92. The summed E-state index contributed by atoms with van der Waals surface area (Å²) in [6.07, 6.45) is 5.35. The first-order chi connectivity index (χ1) is 14.6. The normalized spacial score (nSPS) is 14.5. The fourth-order valence-electron chi connectivity index (χ4n) is 4.03. The lowest BCUT2D eigenvalue weighted by molar-refractivity contribution is 0.0842. The molecule has 0 N–H and O–H groups in total. The molecule has 30 heavy (non-hydrogen) atoms. The Morgan fingerprint density at radius 2 is 1.30 bits per heavy atom. The fraction of sp³-hybridized carbons (Fsp3) is 0.407. The van der Waals surface area contributed by atoms with Crippen LogP contribution in [0.4, 0.5) is 0 Å². The van der Waals surface area contributed by atoms with E-state index in [1.165, 1.54) is 25.7 Å². The van der Waals surface area contributed by atoms with Crippen LogP contribution < -0.4 is 0 Å². The number of ketones is 2. The van der Waals surface area contributed by atoms with Gasteiger partial charge in [-0.15, -0.1) is 5.92 Å². The highest BCUT2D eigenvalue weighted by molar-refractivity contribution is 6.35. The number of Topliss-reactive ketones (excluding diaryl/α,β-unsaturated/α-hetero) is 2. The minimum atomic E-state index is -1.41. The van der Waals surface area contributed by atoms with Gasteiger partial charge >= 0.3 is 0 Å². The standard InChI is InChI=1S/C27H31NO2/c1-3-5-19-28(20-6-4-2)21-13-12-18-27(22-14-8-7-9-15-22)25(29)23-16-10-11-17-24(23)26(27)30/h7-11,14-17H,3-6,13,19-21H2,1-2H3. The lowest BCUT2D eigenvalue weighted by Gasteiger charge is -2.21. The highest BCUT2D eigenvalue weighted by atomic mass is 16.2. The number of benzene rings is 2. The van der Waals surface area contributed by atoms with Gasteiger partial charge in [0.2, 0.25) is 0 Å². The second-order valence-corrected chi connectivity index (χ2v) is 7.92. The molecule has 2 aromatic rings. The van der Waals surface area contributed by atoms with Crippen LogP contribution in [0.5, 0.6) is 0 Å². The van der Waals surface area contributed by atoms with Crippen molar-refractivity contribution in [3.05, 3.63) is 71.3 Å². The maximum atomic E-state index is 13.4. The average Bonchev–Trinajstić information content (AvgIpc) is 3.01. The van der Waals surface area contributed by atoms with Crippen LogP contribution in [0, 0.1) is 11.8 Å². The quantitative estimate of drug-likeness (QED) is 0.423. The topological polar surface area (TPSA) is 37.4 Å². The molecule has 0 fully saturated rings. The molecule has 1 aliphatic rings. The molecule has 0 spiro atoms. The number of nitrogens with zero attached hydrogens (tertiary/aromatic N) is 1. The summed E-state index contributed by atoms with van der Waals surface area (Å²) in [7, 11) is 0. The molecule has 0 saturated heterocycles. The first kappa shape index (κ1) is 22.0. The van der Waals surface area contributed by atoms with Gasteiger partial charge in [-0.1, -0.05) is 87.2 Å². The second kappa shape index (κ2) is 10.4. The van der Waals surface area contributed by atoms with Gasteiger partial charge in [0.25, 0.3) is 0 Å². The third kappa shape index (κ3) is 4.40. The fourth-order valence-corrected chi connectivity index (χ4v) is 4.03. The summed E-state index contributed by atoms with van der Waals surface area (Å²) in [6, 6.07) is 16.4. The lowest BCUT2D eigenvalue weighted by atomic mass is 9.76. The van der Waals surface area contributed by atoms with Crippen LogP contribution in [0.25, 0.3) is 0 Å². The van der Waals surface area contributed by atoms with E-state index < -0.39 is 5.41 Å². The summed E-state index contributed by atoms with van der Waals surface area (Å²) in [6.45, 7) is 7.43. The zero-order chi connectivity index (χ0) is 21.4. The summed E-state index contributed by atoms with van der Waals surface area (Å²) < 4.78 is 0. The van der Waals surface area contributed by atoms with Crippen molar-refractivity contribution in [1.29, 1.82) is 0 Å². The molecule has 0 radical (unpaired) electrons. The van der Waals surface area contributed by atoms with Crippen molar-refractivity contribution in [2.24, 2.45) is 0 Å². The van der Waals surface area contributed by atoms with Crippen LogP contribution in [-0.4, -0.2) is 36.1 Å². The van der Waals surface area contributed by atoms with Gasteiger partial charge in [-0.2, -0.15) is 0 Å². The number of hydrogen-bond acceptors (Lipinski definition) is 3. The van der Waals surface area contributed by atoms with Gasteiger partial charge in [0, 0.05) is 24.1 Å². The highest BCUT2D eigenvalue weighted by Gasteiger charge is 2.53. The Kier molecular flexibility index (Phi) is 7.60. The summed E-state index contributed by atoms with van der Waals surface area (Å²) >= 11 is 0. The molecule has 0 unspecified atom stereocenters. The Hall–Kier alpha value is -2.70. The number of unbranched alkanes of at least 4 members (excludes halogenated alkanes) is 2. The van der Waals surface area contributed by atoms with E-state index in [4.69, 9.17) is 0 Å². The molecular weight excluding hydrogens is 370 g/mol. The van der Waals surface area contributed by atoms with Crippen molar-refractivity contribution in [1.82, 2.24) is 4.90 Å². The summed E-state index contributed by atoms with van der Waals surface area (Å²) in [5.41, 5.74) is 0.210. The molecule has 0 atom stereocenters. The van der Waals surface area contributed by atoms with Crippen LogP contribution >= 0.6 is 0 Å². The third-order valence-electron chi connectivity index (χ3n) is 5.79. The Bertz CT molecular complexity index is 893. The first-order valence-electron chi connectivity index (χ1n) is 11.1. The zero-order valence-corrected chi connectivity index (χ0v) is 18.1. The van der Waals surface area contributed by atoms with Crippen LogP contribution in [0.3, 0.4) is 0 Å². The Morgan fingerprint density at radius 3 is 1.83 bits per heavy atom. The Balaban J connectivity index is 1.87. The van der Waals surface area contributed by atoms with E-state index in [0.717, 1.165) is 19.6 Å². The molecule has 1 aliphatic carbocycles. The first-order valence-corrected chi connectivity index (χ1v) is 11.1. The molecule has 0 aromatic heterocycles. The third-order valence-corrected chi connectivity index (χ3v) is 5.79. The molecule has 0 heterocycles. The van der Waals surface area contributed by atoms with Crippen LogP contribution in [0.15, 0.2) is 54.6 Å². The Morgan fingerprint density at radius 1 is 0.767 bits per heavy atom. The SMILES string of the molecule is CCCCN(CCC#CC1(c2ccccc2)C(=O)c2ccccc2C1=O)CCCC. The molecule has 0 aliphatic heterocycles. The van der Waals surface area contributed by atoms with E-state index in [2.05, 4.69) is 30.6 Å². The molecule has 3 heteroatoms. The molecule has 2 aromatic carbocycles. The molecule has 0 saturated carbocycles. The summed E-state index contributed by atoms with van der Waals surface area (Å²) in [4.78, 5) is 29.3. The van der Waals surface area contributed by atoms with Crippen LogP contribution in [0.2, 0.25) is 0 Å². The van der Waals surface area contributed by atoms with E-state index in [9.17, 15) is 9.59 Å². The van der Waals surface area contributed by atoms with Gasteiger partial charge < -0.3 is 4.90 Å². The largest absolute Gasteiger partial charge is 0.302 e. The number of hydrogen-bond donors (Lipinski definition) is 0. The summed E-state index contributed by atoms with van der Waals surface area (Å²) in [5, 5.41) is 0. The molecule has 3 nitrogen and oxygen atoms in total. The van der Waals surface area contributed by atoms with E-state index in [1.807, 2.05) is 30.3 Å². The van der Waals surface area contributed by atoms with Gasteiger partial charge in [0.05, 0.1) is 0 Å². The van der Waals surface area contributed by atoms with Crippen molar-refractivity contribution in [2.75, 3.05) is 19.6 Å². The van der Waals surface area contributed by atoms with Gasteiger partial charge in [-0.3, -0.25) is 9.59 Å². The predicted octanol–water partition coefficient (Wildman–Crippen LogP) is 5.30. The number of carbonyl (C=O) groups excluding carboxylic acids is 2. The molecule has 156 valence electrons. The summed E-state index contributed by atoms with van der Waals surface area (Å²) in [5.74, 6) is 5.97. The number of rotatable bonds is 9.